The van der Waals surface area contributed by atoms with Crippen molar-refractivity contribution >= 4 is 38.5 Å². The first-order valence-corrected chi connectivity index (χ1v) is 7.94. The third kappa shape index (κ3) is 3.99. The summed E-state index contributed by atoms with van der Waals surface area (Å²) in [5, 5.41) is 3.20. The van der Waals surface area contributed by atoms with Crippen LogP contribution < -0.4 is 5.32 Å². The molecule has 5 heteroatoms. The monoisotopic (exact) mass is 451 g/mol. The maximum absolute atomic E-state index is 13.4. The minimum absolute atomic E-state index is 0.0104. The molecule has 20 heavy (non-hydrogen) atoms. The van der Waals surface area contributed by atoms with Crippen molar-refractivity contribution in [2.24, 2.45) is 0 Å². The molecule has 0 spiro atoms. The molecule has 0 saturated carbocycles. The Morgan fingerprint density at radius 3 is 2.50 bits per heavy atom. The van der Waals surface area contributed by atoms with Gasteiger partial charge in [-0.2, -0.15) is 0 Å². The molecule has 0 aliphatic carbocycles. The Bertz CT molecular complexity index is 599. The molecule has 1 nitrogen and oxygen atoms in total. The number of nitrogens with one attached hydrogen (secondary N) is 1. The lowest BCUT2D eigenvalue weighted by atomic mass is 9.99. The van der Waals surface area contributed by atoms with E-state index in [2.05, 4.69) is 43.8 Å². The molecule has 1 atom stereocenters. The maximum atomic E-state index is 13.4. The lowest BCUT2D eigenvalue weighted by Crippen LogP contribution is -2.20. The van der Waals surface area contributed by atoms with Gasteiger partial charge in [-0.3, -0.25) is 0 Å². The Morgan fingerprint density at radius 1 is 1.15 bits per heavy atom. The standard InChI is InChI=1S/C15H13BrF2IN/c1-20-15(13-3-2-11(17)8-14(13)19)6-9-4-10(16)7-12(18)5-9/h2-5,7-8,15,20H,6H2,1H3. The quantitative estimate of drug-likeness (QED) is 0.656. The van der Waals surface area contributed by atoms with E-state index >= 15 is 0 Å². The second kappa shape index (κ2) is 6.95. The van der Waals surface area contributed by atoms with E-state index in [1.807, 2.05) is 13.1 Å². The predicted octanol–water partition coefficient (Wildman–Crippen LogP) is 4.84. The van der Waals surface area contributed by atoms with Crippen LogP contribution in [0.2, 0.25) is 0 Å². The zero-order chi connectivity index (χ0) is 14.7. The van der Waals surface area contributed by atoms with Gasteiger partial charge in [-0.1, -0.05) is 22.0 Å². The van der Waals surface area contributed by atoms with Gasteiger partial charge in [0.2, 0.25) is 0 Å². The summed E-state index contributed by atoms with van der Waals surface area (Å²) >= 11 is 5.41. The van der Waals surface area contributed by atoms with Crippen LogP contribution in [-0.2, 0) is 6.42 Å². The number of likely N-dealkylation sites (N-methyl/N-ethyl adjacent to an activating group) is 1. The molecule has 0 aliphatic heterocycles. The van der Waals surface area contributed by atoms with Crippen LogP contribution in [0.1, 0.15) is 17.2 Å². The van der Waals surface area contributed by atoms with Gasteiger partial charge in [0.25, 0.3) is 0 Å². The average Bonchev–Trinajstić information content (AvgIpc) is 2.35. The Labute approximate surface area is 139 Å². The van der Waals surface area contributed by atoms with E-state index in [0.29, 0.717) is 6.42 Å². The smallest absolute Gasteiger partial charge is 0.124 e. The number of halogens is 4. The summed E-state index contributed by atoms with van der Waals surface area (Å²) in [7, 11) is 1.85. The summed E-state index contributed by atoms with van der Waals surface area (Å²) in [6, 6.07) is 9.57. The van der Waals surface area contributed by atoms with Gasteiger partial charge in [-0.05, 0) is 77.5 Å². The van der Waals surface area contributed by atoms with Crippen molar-refractivity contribution in [1.29, 1.82) is 0 Å². The lowest BCUT2D eigenvalue weighted by Gasteiger charge is -2.18. The highest BCUT2D eigenvalue weighted by Crippen LogP contribution is 2.25. The Hall–Kier alpha value is -0.530. The molecule has 0 radical (unpaired) electrons. The van der Waals surface area contributed by atoms with Crippen molar-refractivity contribution in [1.82, 2.24) is 5.32 Å². The molecule has 2 aromatic rings. The minimum Gasteiger partial charge on any atom is -0.313 e. The topological polar surface area (TPSA) is 12.0 Å². The van der Waals surface area contributed by atoms with Gasteiger partial charge in [-0.25, -0.2) is 8.78 Å². The Kier molecular flexibility index (Phi) is 5.51. The summed E-state index contributed by atoms with van der Waals surface area (Å²) in [4.78, 5) is 0. The van der Waals surface area contributed by atoms with Crippen molar-refractivity contribution in [3.63, 3.8) is 0 Å². The largest absolute Gasteiger partial charge is 0.313 e. The first kappa shape index (κ1) is 15.9. The van der Waals surface area contributed by atoms with Crippen LogP contribution in [0, 0.1) is 15.2 Å². The van der Waals surface area contributed by atoms with Gasteiger partial charge in [-0.15, -0.1) is 0 Å². The highest BCUT2D eigenvalue weighted by Gasteiger charge is 2.14. The van der Waals surface area contributed by atoms with Crippen molar-refractivity contribution in [3.8, 4) is 0 Å². The molecule has 0 aliphatic rings. The van der Waals surface area contributed by atoms with Crippen molar-refractivity contribution in [2.75, 3.05) is 7.05 Å². The number of hydrogen-bond donors (Lipinski definition) is 1. The second-order valence-corrected chi connectivity index (χ2v) is 6.57. The Balaban J connectivity index is 2.28. The molecule has 0 heterocycles. The molecule has 1 N–H and O–H groups in total. The van der Waals surface area contributed by atoms with Crippen LogP contribution >= 0.6 is 38.5 Å². The van der Waals surface area contributed by atoms with Gasteiger partial charge >= 0.3 is 0 Å². The molecule has 0 amide bonds. The minimum atomic E-state index is -0.266. The summed E-state index contributed by atoms with van der Waals surface area (Å²) < 4.78 is 28.2. The third-order valence-corrected chi connectivity index (χ3v) is 4.44. The summed E-state index contributed by atoms with van der Waals surface area (Å²) in [5.74, 6) is -0.514. The van der Waals surface area contributed by atoms with Gasteiger partial charge in [0.1, 0.15) is 11.6 Å². The van der Waals surface area contributed by atoms with Crippen LogP contribution in [-0.4, -0.2) is 7.05 Å². The molecular formula is C15H13BrF2IN. The Morgan fingerprint density at radius 2 is 1.90 bits per heavy atom. The van der Waals surface area contributed by atoms with Crippen LogP contribution in [0.25, 0.3) is 0 Å². The van der Waals surface area contributed by atoms with Gasteiger partial charge < -0.3 is 5.32 Å². The lowest BCUT2D eigenvalue weighted by molar-refractivity contribution is 0.576. The summed E-state index contributed by atoms with van der Waals surface area (Å²) in [5.41, 5.74) is 1.89. The first-order chi connectivity index (χ1) is 9.49. The zero-order valence-corrected chi connectivity index (χ0v) is 14.5. The molecule has 0 bridgehead atoms. The van der Waals surface area contributed by atoms with Crippen molar-refractivity contribution < 1.29 is 8.78 Å². The number of benzene rings is 2. The highest BCUT2D eigenvalue weighted by molar-refractivity contribution is 14.1. The van der Waals surface area contributed by atoms with Gasteiger partial charge in [0.15, 0.2) is 0 Å². The second-order valence-electron chi connectivity index (χ2n) is 4.49. The molecule has 106 valence electrons. The summed E-state index contributed by atoms with van der Waals surface area (Å²) in [6.45, 7) is 0. The van der Waals surface area contributed by atoms with Gasteiger partial charge in [0.05, 0.1) is 0 Å². The first-order valence-electron chi connectivity index (χ1n) is 6.07. The zero-order valence-electron chi connectivity index (χ0n) is 10.8. The van der Waals surface area contributed by atoms with Crippen LogP contribution in [0.4, 0.5) is 8.78 Å². The van der Waals surface area contributed by atoms with Crippen molar-refractivity contribution in [3.05, 3.63) is 67.2 Å². The fourth-order valence-electron chi connectivity index (χ4n) is 2.12. The number of hydrogen-bond acceptors (Lipinski definition) is 1. The SMILES string of the molecule is CNC(Cc1cc(F)cc(Br)c1)c1ccc(F)cc1I. The molecule has 0 aromatic heterocycles. The fraction of sp³-hybridized carbons (Fsp3) is 0.200. The van der Waals surface area contributed by atoms with E-state index in [1.165, 1.54) is 24.3 Å². The van der Waals surface area contributed by atoms with E-state index < -0.39 is 0 Å². The van der Waals surface area contributed by atoms with E-state index in [0.717, 1.165) is 19.2 Å². The van der Waals surface area contributed by atoms with Crippen LogP contribution in [0.15, 0.2) is 40.9 Å². The third-order valence-electron chi connectivity index (χ3n) is 3.05. The predicted molar refractivity (Wildman–Crippen MR) is 88.7 cm³/mol. The molecular weight excluding hydrogens is 439 g/mol. The molecule has 2 rings (SSSR count). The highest BCUT2D eigenvalue weighted by atomic mass is 127. The summed E-state index contributed by atoms with van der Waals surface area (Å²) in [6.07, 6.45) is 0.633. The van der Waals surface area contributed by atoms with Crippen LogP contribution in [0.5, 0.6) is 0 Å². The molecule has 2 aromatic carbocycles. The molecule has 0 fully saturated rings. The fourth-order valence-corrected chi connectivity index (χ4v) is 3.48. The van der Waals surface area contributed by atoms with E-state index in [9.17, 15) is 8.78 Å². The normalized spacial score (nSPS) is 12.4. The van der Waals surface area contributed by atoms with Crippen LogP contribution in [0.3, 0.4) is 0 Å². The molecule has 0 saturated heterocycles. The van der Waals surface area contributed by atoms with Gasteiger partial charge in [0, 0.05) is 14.1 Å². The van der Waals surface area contributed by atoms with E-state index in [4.69, 9.17) is 0 Å². The van der Waals surface area contributed by atoms with E-state index in [-0.39, 0.29) is 17.7 Å². The maximum Gasteiger partial charge on any atom is 0.124 e. The van der Waals surface area contributed by atoms with E-state index in [1.54, 1.807) is 6.07 Å². The molecule has 1 unspecified atom stereocenters. The average molecular weight is 452 g/mol. The van der Waals surface area contributed by atoms with Crippen molar-refractivity contribution in [2.45, 2.75) is 12.5 Å². The number of rotatable bonds is 4.